The Morgan fingerprint density at radius 3 is 2.28 bits per heavy atom. The van der Waals surface area contributed by atoms with Crippen LogP contribution in [0.1, 0.15) is 0 Å². The summed E-state index contributed by atoms with van der Waals surface area (Å²) in [6, 6.07) is 10.8. The van der Waals surface area contributed by atoms with Crippen LogP contribution in [-0.2, 0) is 9.53 Å². The second-order valence-corrected chi connectivity index (χ2v) is 7.14. The van der Waals surface area contributed by atoms with Gasteiger partial charge in [-0.1, -0.05) is 30.3 Å². The van der Waals surface area contributed by atoms with E-state index in [1.54, 1.807) is 30.3 Å². The number of carboxylic acids is 1. The van der Waals surface area contributed by atoms with E-state index in [4.69, 9.17) is 19.0 Å². The minimum atomic E-state index is -1.94. The number of carbonyl (C=O) groups is 1. The van der Waals surface area contributed by atoms with Gasteiger partial charge in [-0.25, -0.2) is 4.79 Å². The predicted octanol–water partition coefficient (Wildman–Crippen LogP) is 0.142. The Bertz CT molecular complexity index is 1220. The number of carboxylic acid groups (broad SMARTS) is 1. The van der Waals surface area contributed by atoms with Gasteiger partial charge in [0.15, 0.2) is 23.0 Å². The molecule has 11 nitrogen and oxygen atoms in total. The topological polar surface area (TPSA) is 187 Å². The maximum absolute atomic E-state index is 12.5. The number of hydrogen-bond donors (Lipinski definition) is 6. The fourth-order valence-corrected chi connectivity index (χ4v) is 3.38. The molecular formula is C21H18O11. The highest BCUT2D eigenvalue weighted by atomic mass is 16.7. The molecule has 6 N–H and O–H groups in total. The average molecular weight is 446 g/mol. The minimum Gasteiger partial charge on any atom is -0.504 e. The lowest BCUT2D eigenvalue weighted by molar-refractivity contribution is -0.271. The van der Waals surface area contributed by atoms with Crippen molar-refractivity contribution in [3.05, 3.63) is 52.7 Å². The third-order valence-electron chi connectivity index (χ3n) is 5.05. The molecule has 3 aromatic rings. The molecule has 0 radical (unpaired) electrons. The van der Waals surface area contributed by atoms with Crippen molar-refractivity contribution in [3.8, 4) is 28.6 Å². The second kappa shape index (κ2) is 8.13. The van der Waals surface area contributed by atoms with E-state index in [1.165, 1.54) is 0 Å². The molecule has 1 aliphatic rings. The Hall–Kier alpha value is -3.64. The first-order chi connectivity index (χ1) is 15.2. The van der Waals surface area contributed by atoms with Crippen LogP contribution in [0.4, 0.5) is 0 Å². The molecule has 1 saturated heterocycles. The summed E-state index contributed by atoms with van der Waals surface area (Å²) in [4.78, 5) is 23.8. The van der Waals surface area contributed by atoms with Crippen LogP contribution in [-0.4, -0.2) is 67.3 Å². The predicted molar refractivity (Wildman–Crippen MR) is 106 cm³/mol. The van der Waals surface area contributed by atoms with Crippen molar-refractivity contribution in [2.75, 3.05) is 0 Å². The average Bonchev–Trinajstić information content (AvgIpc) is 2.77. The number of phenolic OH excluding ortho intramolecular Hbond substituents is 2. The van der Waals surface area contributed by atoms with Gasteiger partial charge in [0.1, 0.15) is 35.0 Å². The van der Waals surface area contributed by atoms with Crippen LogP contribution in [0, 0.1) is 0 Å². The molecule has 0 unspecified atom stereocenters. The smallest absolute Gasteiger partial charge is 0.335 e. The number of aliphatic hydroxyl groups excluding tert-OH is 3. The Balaban J connectivity index is 1.77. The maximum atomic E-state index is 12.5. The third kappa shape index (κ3) is 3.63. The maximum Gasteiger partial charge on any atom is 0.335 e. The number of aliphatic carboxylic acids is 1. The summed E-state index contributed by atoms with van der Waals surface area (Å²) in [5, 5.41) is 59.2. The molecule has 1 aliphatic heterocycles. The zero-order chi connectivity index (χ0) is 23.2. The highest BCUT2D eigenvalue weighted by Crippen LogP contribution is 2.42. The summed E-state index contributed by atoms with van der Waals surface area (Å²) < 4.78 is 16.0. The number of aromatic hydroxyl groups is 2. The van der Waals surface area contributed by atoms with Gasteiger partial charge in [-0.2, -0.15) is 0 Å². The van der Waals surface area contributed by atoms with Crippen molar-refractivity contribution >= 4 is 16.9 Å². The molecule has 0 amide bonds. The summed E-state index contributed by atoms with van der Waals surface area (Å²) in [5.74, 6) is -3.76. The highest BCUT2D eigenvalue weighted by molar-refractivity contribution is 5.89. The molecule has 0 spiro atoms. The van der Waals surface area contributed by atoms with Gasteiger partial charge >= 0.3 is 5.97 Å². The van der Waals surface area contributed by atoms with E-state index in [0.717, 1.165) is 12.1 Å². The van der Waals surface area contributed by atoms with Crippen molar-refractivity contribution in [1.82, 2.24) is 0 Å². The monoisotopic (exact) mass is 446 g/mol. The van der Waals surface area contributed by atoms with Crippen LogP contribution in [0.2, 0.25) is 0 Å². The van der Waals surface area contributed by atoms with Crippen molar-refractivity contribution in [2.24, 2.45) is 0 Å². The lowest BCUT2D eigenvalue weighted by Gasteiger charge is -2.38. The summed E-state index contributed by atoms with van der Waals surface area (Å²) >= 11 is 0. The van der Waals surface area contributed by atoms with Gasteiger partial charge in [-0.05, 0) is 0 Å². The lowest BCUT2D eigenvalue weighted by Crippen LogP contribution is -2.61. The van der Waals surface area contributed by atoms with Gasteiger partial charge in [0.05, 0.1) is 0 Å². The lowest BCUT2D eigenvalue weighted by atomic mass is 9.99. The molecule has 2 aromatic carbocycles. The zero-order valence-electron chi connectivity index (χ0n) is 16.2. The molecule has 32 heavy (non-hydrogen) atoms. The van der Waals surface area contributed by atoms with E-state index in [9.17, 15) is 35.1 Å². The first-order valence-corrected chi connectivity index (χ1v) is 9.36. The third-order valence-corrected chi connectivity index (χ3v) is 5.05. The summed E-state index contributed by atoms with van der Waals surface area (Å²) in [6.45, 7) is 0. The normalized spacial score (nSPS) is 25.5. The Morgan fingerprint density at radius 2 is 1.62 bits per heavy atom. The number of aliphatic hydroxyl groups is 3. The number of phenols is 2. The van der Waals surface area contributed by atoms with Gasteiger partial charge in [0.25, 0.3) is 0 Å². The van der Waals surface area contributed by atoms with Gasteiger partial charge < -0.3 is 44.5 Å². The van der Waals surface area contributed by atoms with Gasteiger partial charge in [0.2, 0.25) is 12.0 Å². The van der Waals surface area contributed by atoms with Crippen molar-refractivity contribution in [2.45, 2.75) is 30.7 Å². The van der Waals surface area contributed by atoms with E-state index in [-0.39, 0.29) is 16.7 Å². The fourth-order valence-electron chi connectivity index (χ4n) is 3.38. The standard InChI is InChI=1S/C21H18O11/c22-9-6-10(8-4-2-1-3-5-8)30-11-7-12(14(23)15(24)13(9)11)31-21-18(27)16(25)17(26)19(32-21)20(28)29/h1-7,16-19,21,23-27H,(H,28,29)/t16-,17+,18+,19-,21-/m1/s1. The quantitative estimate of drug-likeness (QED) is 0.299. The molecule has 168 valence electrons. The highest BCUT2D eigenvalue weighted by Gasteiger charge is 2.48. The molecule has 5 atom stereocenters. The number of ether oxygens (including phenoxy) is 2. The second-order valence-electron chi connectivity index (χ2n) is 7.14. The number of benzene rings is 2. The molecule has 0 bridgehead atoms. The Kier molecular flexibility index (Phi) is 5.48. The molecule has 2 heterocycles. The van der Waals surface area contributed by atoms with E-state index in [1.807, 2.05) is 0 Å². The number of hydrogen-bond acceptors (Lipinski definition) is 10. The molecule has 0 aliphatic carbocycles. The summed E-state index contributed by atoms with van der Waals surface area (Å²) in [5.41, 5.74) is -0.265. The van der Waals surface area contributed by atoms with Crippen LogP contribution < -0.4 is 10.2 Å². The Labute approximate surface area is 178 Å². The summed E-state index contributed by atoms with van der Waals surface area (Å²) in [6.07, 6.45) is -9.56. The molecule has 4 rings (SSSR count). The first-order valence-electron chi connectivity index (χ1n) is 9.36. The summed E-state index contributed by atoms with van der Waals surface area (Å²) in [7, 11) is 0. The molecule has 11 heteroatoms. The van der Waals surface area contributed by atoms with Crippen molar-refractivity contribution < 1.29 is 49.3 Å². The van der Waals surface area contributed by atoms with Gasteiger partial charge in [0, 0.05) is 17.7 Å². The number of rotatable bonds is 4. The van der Waals surface area contributed by atoms with Crippen LogP contribution in [0.15, 0.2) is 51.7 Å². The fraction of sp³-hybridized carbons (Fsp3) is 0.238. The largest absolute Gasteiger partial charge is 0.504 e. The Morgan fingerprint density at radius 1 is 0.938 bits per heavy atom. The van der Waals surface area contributed by atoms with E-state index >= 15 is 0 Å². The first kappa shape index (κ1) is 21.6. The van der Waals surface area contributed by atoms with Crippen LogP contribution in [0.25, 0.3) is 22.3 Å². The van der Waals surface area contributed by atoms with Crippen molar-refractivity contribution in [3.63, 3.8) is 0 Å². The van der Waals surface area contributed by atoms with E-state index < -0.39 is 59.4 Å². The van der Waals surface area contributed by atoms with Crippen LogP contribution in [0.5, 0.6) is 17.2 Å². The molecule has 0 saturated carbocycles. The SMILES string of the molecule is O=C(O)[C@@H]1O[C@@H](Oc2cc3oc(-c4ccccc4)cc(=O)c3c(O)c2O)[C@@H](O)[C@H](O)[C@@H]1O. The van der Waals surface area contributed by atoms with E-state index in [0.29, 0.717) is 5.56 Å². The van der Waals surface area contributed by atoms with Crippen LogP contribution >= 0.6 is 0 Å². The molecular weight excluding hydrogens is 428 g/mol. The molecule has 1 aromatic heterocycles. The van der Waals surface area contributed by atoms with Crippen LogP contribution in [0.3, 0.4) is 0 Å². The number of fused-ring (bicyclic) bond motifs is 1. The minimum absolute atomic E-state index is 0.164. The zero-order valence-corrected chi connectivity index (χ0v) is 16.2. The van der Waals surface area contributed by atoms with Gasteiger partial charge in [-0.3, -0.25) is 4.79 Å². The molecule has 1 fully saturated rings. The van der Waals surface area contributed by atoms with Crippen molar-refractivity contribution in [1.29, 1.82) is 0 Å². The van der Waals surface area contributed by atoms with Gasteiger partial charge in [-0.15, -0.1) is 0 Å². The van der Waals surface area contributed by atoms with E-state index in [2.05, 4.69) is 0 Å².